The highest BCUT2D eigenvalue weighted by Crippen LogP contribution is 2.29. The molecule has 2 aromatic rings. The maximum Gasteiger partial charge on any atom is 0.433 e. The van der Waals surface area contributed by atoms with Gasteiger partial charge in [0, 0.05) is 24.5 Å². The van der Waals surface area contributed by atoms with Crippen LogP contribution >= 0.6 is 0 Å². The standard InChI is InChI=1S/C13H12F3N3/c1-8-6-18-10(5-17)4-11(8)9-2-3-12(19-7-9)13(14,15)16/h2-4,6-7H,5,17H2,1H3. The Morgan fingerprint density at radius 2 is 1.89 bits per heavy atom. The number of nitrogens with zero attached hydrogens (tertiary/aromatic N) is 2. The van der Waals surface area contributed by atoms with E-state index < -0.39 is 11.9 Å². The molecule has 2 N–H and O–H groups in total. The van der Waals surface area contributed by atoms with Crippen LogP contribution in [0.2, 0.25) is 0 Å². The zero-order chi connectivity index (χ0) is 14.0. The summed E-state index contributed by atoms with van der Waals surface area (Å²) in [7, 11) is 0. The molecule has 0 saturated carbocycles. The van der Waals surface area contributed by atoms with Gasteiger partial charge in [-0.05, 0) is 30.2 Å². The Bertz CT molecular complexity index is 577. The second-order valence-corrected chi connectivity index (χ2v) is 4.12. The minimum absolute atomic E-state index is 0.279. The van der Waals surface area contributed by atoms with Crippen molar-refractivity contribution in [3.63, 3.8) is 0 Å². The van der Waals surface area contributed by atoms with E-state index in [1.54, 1.807) is 12.3 Å². The molecule has 0 aliphatic rings. The highest BCUT2D eigenvalue weighted by molar-refractivity contribution is 5.66. The van der Waals surface area contributed by atoms with Gasteiger partial charge in [0.25, 0.3) is 0 Å². The average Bonchev–Trinajstić information content (AvgIpc) is 2.38. The average molecular weight is 267 g/mol. The van der Waals surface area contributed by atoms with Gasteiger partial charge in [0.15, 0.2) is 0 Å². The van der Waals surface area contributed by atoms with Crippen LogP contribution in [0.3, 0.4) is 0 Å². The van der Waals surface area contributed by atoms with Gasteiger partial charge in [-0.2, -0.15) is 13.2 Å². The summed E-state index contributed by atoms with van der Waals surface area (Å²) in [5.74, 6) is 0. The van der Waals surface area contributed by atoms with Crippen molar-refractivity contribution in [3.05, 3.63) is 47.5 Å². The van der Waals surface area contributed by atoms with E-state index in [2.05, 4.69) is 9.97 Å². The Hall–Kier alpha value is -1.95. The van der Waals surface area contributed by atoms with E-state index >= 15 is 0 Å². The minimum Gasteiger partial charge on any atom is -0.325 e. The molecule has 2 aromatic heterocycles. The zero-order valence-corrected chi connectivity index (χ0v) is 10.2. The molecule has 0 aliphatic heterocycles. The Kier molecular flexibility index (Phi) is 3.53. The molecule has 100 valence electrons. The van der Waals surface area contributed by atoms with Gasteiger partial charge in [0.05, 0.1) is 5.69 Å². The van der Waals surface area contributed by atoms with Crippen LogP contribution in [0.1, 0.15) is 17.0 Å². The first kappa shape index (κ1) is 13.5. The Morgan fingerprint density at radius 3 is 2.42 bits per heavy atom. The second kappa shape index (κ2) is 4.97. The summed E-state index contributed by atoms with van der Waals surface area (Å²) in [5, 5.41) is 0. The third kappa shape index (κ3) is 2.90. The lowest BCUT2D eigenvalue weighted by Gasteiger charge is -2.09. The van der Waals surface area contributed by atoms with E-state index in [1.165, 1.54) is 12.3 Å². The van der Waals surface area contributed by atoms with E-state index in [0.717, 1.165) is 17.2 Å². The largest absolute Gasteiger partial charge is 0.433 e. The summed E-state index contributed by atoms with van der Waals surface area (Å²) < 4.78 is 37.3. The molecule has 0 unspecified atom stereocenters. The van der Waals surface area contributed by atoms with E-state index in [-0.39, 0.29) is 6.54 Å². The Morgan fingerprint density at radius 1 is 1.16 bits per heavy atom. The normalized spacial score (nSPS) is 11.6. The fourth-order valence-electron chi connectivity index (χ4n) is 1.71. The number of alkyl halides is 3. The molecule has 0 saturated heterocycles. The molecule has 0 amide bonds. The zero-order valence-electron chi connectivity index (χ0n) is 10.2. The smallest absolute Gasteiger partial charge is 0.325 e. The molecule has 2 rings (SSSR count). The number of hydrogen-bond acceptors (Lipinski definition) is 3. The van der Waals surface area contributed by atoms with Crippen molar-refractivity contribution < 1.29 is 13.2 Å². The number of pyridine rings is 2. The number of nitrogens with two attached hydrogens (primary N) is 1. The van der Waals surface area contributed by atoms with Gasteiger partial charge in [-0.1, -0.05) is 6.07 Å². The molecule has 6 heteroatoms. The first-order valence-corrected chi connectivity index (χ1v) is 5.61. The quantitative estimate of drug-likeness (QED) is 0.910. The van der Waals surface area contributed by atoms with Crippen molar-refractivity contribution in [2.75, 3.05) is 0 Å². The summed E-state index contributed by atoms with van der Waals surface area (Å²) in [6.45, 7) is 2.11. The van der Waals surface area contributed by atoms with Gasteiger partial charge in [-0.25, -0.2) is 0 Å². The molecule has 0 aromatic carbocycles. The predicted octanol–water partition coefficient (Wildman–Crippen LogP) is 2.93. The summed E-state index contributed by atoms with van der Waals surface area (Å²) in [6, 6.07) is 4.13. The van der Waals surface area contributed by atoms with Crippen LogP contribution in [0.15, 0.2) is 30.6 Å². The van der Waals surface area contributed by atoms with E-state index in [9.17, 15) is 13.2 Å². The van der Waals surface area contributed by atoms with Crippen molar-refractivity contribution in [3.8, 4) is 11.1 Å². The Labute approximate surface area is 108 Å². The Balaban J connectivity index is 2.42. The van der Waals surface area contributed by atoms with Gasteiger partial charge >= 0.3 is 6.18 Å². The number of rotatable bonds is 2. The molecule has 0 radical (unpaired) electrons. The fourth-order valence-corrected chi connectivity index (χ4v) is 1.71. The van der Waals surface area contributed by atoms with Crippen LogP contribution in [0.5, 0.6) is 0 Å². The van der Waals surface area contributed by atoms with Gasteiger partial charge in [0.1, 0.15) is 5.69 Å². The molecular formula is C13H12F3N3. The molecule has 3 nitrogen and oxygen atoms in total. The highest BCUT2D eigenvalue weighted by Gasteiger charge is 2.32. The SMILES string of the molecule is Cc1cnc(CN)cc1-c1ccc(C(F)(F)F)nc1. The number of halogens is 3. The van der Waals surface area contributed by atoms with Crippen LogP contribution in [-0.4, -0.2) is 9.97 Å². The summed E-state index contributed by atoms with van der Waals surface area (Å²) >= 11 is 0. The highest BCUT2D eigenvalue weighted by atomic mass is 19.4. The third-order valence-electron chi connectivity index (χ3n) is 2.73. The van der Waals surface area contributed by atoms with E-state index in [4.69, 9.17) is 5.73 Å². The van der Waals surface area contributed by atoms with Crippen molar-refractivity contribution >= 4 is 0 Å². The summed E-state index contributed by atoms with van der Waals surface area (Å²) in [5.41, 5.74) is 7.54. The van der Waals surface area contributed by atoms with E-state index in [1.807, 2.05) is 6.92 Å². The van der Waals surface area contributed by atoms with Gasteiger partial charge in [0.2, 0.25) is 0 Å². The van der Waals surface area contributed by atoms with Crippen LogP contribution in [-0.2, 0) is 12.7 Å². The summed E-state index contributed by atoms with van der Waals surface area (Å²) in [4.78, 5) is 7.56. The monoisotopic (exact) mass is 267 g/mol. The molecule has 19 heavy (non-hydrogen) atoms. The van der Waals surface area contributed by atoms with Gasteiger partial charge in [-0.3, -0.25) is 9.97 Å². The van der Waals surface area contributed by atoms with Gasteiger partial charge < -0.3 is 5.73 Å². The van der Waals surface area contributed by atoms with Gasteiger partial charge in [-0.15, -0.1) is 0 Å². The number of aryl methyl sites for hydroxylation is 1. The molecule has 0 bridgehead atoms. The topological polar surface area (TPSA) is 51.8 Å². The van der Waals surface area contributed by atoms with Crippen molar-refractivity contribution in [2.45, 2.75) is 19.6 Å². The van der Waals surface area contributed by atoms with Crippen LogP contribution in [0.25, 0.3) is 11.1 Å². The van der Waals surface area contributed by atoms with Crippen LogP contribution < -0.4 is 5.73 Å². The predicted molar refractivity (Wildman–Crippen MR) is 65.1 cm³/mol. The maximum absolute atomic E-state index is 12.4. The van der Waals surface area contributed by atoms with Crippen molar-refractivity contribution in [2.24, 2.45) is 5.73 Å². The third-order valence-corrected chi connectivity index (χ3v) is 2.73. The van der Waals surface area contributed by atoms with Crippen LogP contribution in [0.4, 0.5) is 13.2 Å². The van der Waals surface area contributed by atoms with E-state index in [0.29, 0.717) is 11.3 Å². The lowest BCUT2D eigenvalue weighted by atomic mass is 10.0. The second-order valence-electron chi connectivity index (χ2n) is 4.12. The lowest BCUT2D eigenvalue weighted by molar-refractivity contribution is -0.141. The fraction of sp³-hybridized carbons (Fsp3) is 0.231. The molecule has 0 spiro atoms. The molecule has 0 aliphatic carbocycles. The molecule has 2 heterocycles. The first-order valence-electron chi connectivity index (χ1n) is 5.61. The number of aromatic nitrogens is 2. The maximum atomic E-state index is 12.4. The number of hydrogen-bond donors (Lipinski definition) is 1. The van der Waals surface area contributed by atoms with Crippen LogP contribution in [0, 0.1) is 6.92 Å². The lowest BCUT2D eigenvalue weighted by Crippen LogP contribution is -2.07. The first-order chi connectivity index (χ1) is 8.91. The molecule has 0 fully saturated rings. The molecule has 0 atom stereocenters. The van der Waals surface area contributed by atoms with Crippen molar-refractivity contribution in [1.82, 2.24) is 9.97 Å². The van der Waals surface area contributed by atoms with Crippen molar-refractivity contribution in [1.29, 1.82) is 0 Å². The minimum atomic E-state index is -4.42. The molecular weight excluding hydrogens is 255 g/mol. The summed E-state index contributed by atoms with van der Waals surface area (Å²) in [6.07, 6.45) is -1.56.